The molecule has 1 aromatic heterocycles. The van der Waals surface area contributed by atoms with Crippen molar-refractivity contribution in [1.29, 1.82) is 0 Å². The molecule has 0 aliphatic carbocycles. The van der Waals surface area contributed by atoms with Gasteiger partial charge in [0.25, 0.3) is 0 Å². The molecule has 1 atom stereocenters. The number of carbonyl (C=O) groups is 1. The Hall–Kier alpha value is -1.40. The summed E-state index contributed by atoms with van der Waals surface area (Å²) in [6.07, 6.45) is 7.12. The number of ether oxygens (including phenoxy) is 1. The van der Waals surface area contributed by atoms with Crippen molar-refractivity contribution in [1.82, 2.24) is 14.8 Å². The predicted octanol–water partition coefficient (Wildman–Crippen LogP) is 3.04. The molecule has 0 bridgehead atoms. The SMILES string of the molecule is CC(C)CCc1nc2c(o1)CCN(C(=O)C1CCCN(C3CCOCC3)C1)C2. The van der Waals surface area contributed by atoms with Crippen LogP contribution in [0.4, 0.5) is 0 Å². The quantitative estimate of drug-likeness (QED) is 0.775. The number of oxazole rings is 1. The van der Waals surface area contributed by atoms with Crippen molar-refractivity contribution in [3.8, 4) is 0 Å². The third kappa shape index (κ3) is 4.60. The topological polar surface area (TPSA) is 58.8 Å². The molecule has 6 heteroatoms. The lowest BCUT2D eigenvalue weighted by molar-refractivity contribution is -0.139. The van der Waals surface area contributed by atoms with E-state index in [4.69, 9.17) is 14.1 Å². The van der Waals surface area contributed by atoms with Gasteiger partial charge in [0.15, 0.2) is 5.89 Å². The molecule has 0 aromatic carbocycles. The minimum absolute atomic E-state index is 0.130. The van der Waals surface area contributed by atoms with Crippen LogP contribution in [0.3, 0.4) is 0 Å². The molecule has 6 nitrogen and oxygen atoms in total. The second kappa shape index (κ2) is 8.95. The fourth-order valence-corrected chi connectivity index (χ4v) is 4.81. The fourth-order valence-electron chi connectivity index (χ4n) is 4.81. The standard InChI is InChI=1S/C22H35N3O3/c1-16(2)5-6-21-23-19-15-25(11-7-20(19)28-21)22(26)17-4-3-10-24(14-17)18-8-12-27-13-9-18/h16-18H,3-15H2,1-2H3. The van der Waals surface area contributed by atoms with Crippen molar-refractivity contribution in [2.75, 3.05) is 32.8 Å². The van der Waals surface area contributed by atoms with E-state index in [-0.39, 0.29) is 5.92 Å². The summed E-state index contributed by atoms with van der Waals surface area (Å²) in [7, 11) is 0. The van der Waals surface area contributed by atoms with Gasteiger partial charge in [-0.1, -0.05) is 13.8 Å². The second-order valence-corrected chi connectivity index (χ2v) is 9.10. The third-order valence-electron chi connectivity index (χ3n) is 6.53. The summed E-state index contributed by atoms with van der Waals surface area (Å²) in [5, 5.41) is 0. The second-order valence-electron chi connectivity index (χ2n) is 9.10. The van der Waals surface area contributed by atoms with Gasteiger partial charge in [0.05, 0.1) is 12.5 Å². The van der Waals surface area contributed by atoms with Crippen molar-refractivity contribution in [3.05, 3.63) is 17.3 Å². The van der Waals surface area contributed by atoms with Crippen LogP contribution in [0.25, 0.3) is 0 Å². The molecule has 3 aliphatic rings. The number of fused-ring (bicyclic) bond motifs is 1. The van der Waals surface area contributed by atoms with Crippen molar-refractivity contribution in [3.63, 3.8) is 0 Å². The van der Waals surface area contributed by atoms with E-state index in [1.165, 1.54) is 0 Å². The number of carbonyl (C=O) groups excluding carboxylic acids is 1. The van der Waals surface area contributed by atoms with Gasteiger partial charge < -0.3 is 14.1 Å². The van der Waals surface area contributed by atoms with E-state index >= 15 is 0 Å². The number of likely N-dealkylation sites (tertiary alicyclic amines) is 1. The molecule has 0 saturated carbocycles. The lowest BCUT2D eigenvalue weighted by atomic mass is 9.93. The van der Waals surface area contributed by atoms with E-state index in [0.29, 0.717) is 24.4 Å². The zero-order valence-electron chi connectivity index (χ0n) is 17.5. The molecular formula is C22H35N3O3. The van der Waals surface area contributed by atoms with E-state index in [9.17, 15) is 4.79 Å². The normalized spacial score (nSPS) is 24.5. The molecule has 0 N–H and O–H groups in total. The Morgan fingerprint density at radius 2 is 2.04 bits per heavy atom. The molecule has 4 rings (SSSR count). The molecule has 3 aliphatic heterocycles. The third-order valence-corrected chi connectivity index (χ3v) is 6.53. The van der Waals surface area contributed by atoms with Gasteiger partial charge in [-0.25, -0.2) is 4.98 Å². The van der Waals surface area contributed by atoms with Crippen LogP contribution in [0.15, 0.2) is 4.42 Å². The van der Waals surface area contributed by atoms with Crippen LogP contribution in [0.1, 0.15) is 63.3 Å². The highest BCUT2D eigenvalue weighted by molar-refractivity contribution is 5.79. The summed E-state index contributed by atoms with van der Waals surface area (Å²) >= 11 is 0. The molecular weight excluding hydrogens is 354 g/mol. The van der Waals surface area contributed by atoms with Crippen LogP contribution in [0, 0.1) is 11.8 Å². The van der Waals surface area contributed by atoms with E-state index in [2.05, 4.69) is 18.7 Å². The van der Waals surface area contributed by atoms with Crippen LogP contribution >= 0.6 is 0 Å². The maximum absolute atomic E-state index is 13.2. The average Bonchev–Trinajstić information content (AvgIpc) is 3.14. The number of aryl methyl sites for hydroxylation is 1. The van der Waals surface area contributed by atoms with Crippen molar-refractivity contribution >= 4 is 5.91 Å². The Morgan fingerprint density at radius 1 is 1.21 bits per heavy atom. The van der Waals surface area contributed by atoms with E-state index in [0.717, 1.165) is 95.1 Å². The Labute approximate surface area is 168 Å². The fraction of sp³-hybridized carbons (Fsp3) is 0.818. The van der Waals surface area contributed by atoms with Gasteiger partial charge in [-0.2, -0.15) is 0 Å². The van der Waals surface area contributed by atoms with Crippen molar-refractivity contribution in [2.45, 2.75) is 71.4 Å². The smallest absolute Gasteiger partial charge is 0.227 e. The highest BCUT2D eigenvalue weighted by Crippen LogP contribution is 2.27. The Bertz CT molecular complexity index is 666. The van der Waals surface area contributed by atoms with Gasteiger partial charge in [-0.15, -0.1) is 0 Å². The largest absolute Gasteiger partial charge is 0.445 e. The molecule has 0 spiro atoms. The predicted molar refractivity (Wildman–Crippen MR) is 107 cm³/mol. The first-order valence-corrected chi connectivity index (χ1v) is 11.2. The van der Waals surface area contributed by atoms with Gasteiger partial charge in [0.2, 0.25) is 5.91 Å². The number of hydrogen-bond acceptors (Lipinski definition) is 5. The number of rotatable bonds is 5. The molecule has 1 unspecified atom stereocenters. The molecule has 0 radical (unpaired) electrons. The van der Waals surface area contributed by atoms with E-state index in [1.54, 1.807) is 0 Å². The number of hydrogen-bond donors (Lipinski definition) is 0. The lowest BCUT2D eigenvalue weighted by Crippen LogP contribution is -2.50. The lowest BCUT2D eigenvalue weighted by Gasteiger charge is -2.40. The summed E-state index contributed by atoms with van der Waals surface area (Å²) in [4.78, 5) is 22.5. The number of amides is 1. The minimum Gasteiger partial charge on any atom is -0.445 e. The van der Waals surface area contributed by atoms with Crippen LogP contribution in [-0.4, -0.2) is 59.6 Å². The van der Waals surface area contributed by atoms with Crippen LogP contribution < -0.4 is 0 Å². The van der Waals surface area contributed by atoms with Gasteiger partial charge in [0, 0.05) is 45.2 Å². The zero-order valence-corrected chi connectivity index (χ0v) is 17.5. The molecule has 156 valence electrons. The molecule has 1 aromatic rings. The highest BCUT2D eigenvalue weighted by atomic mass is 16.5. The maximum Gasteiger partial charge on any atom is 0.227 e. The number of piperidine rings is 1. The van der Waals surface area contributed by atoms with Gasteiger partial charge in [0.1, 0.15) is 11.5 Å². The summed E-state index contributed by atoms with van der Waals surface area (Å²) < 4.78 is 11.5. The van der Waals surface area contributed by atoms with Crippen LogP contribution in [0.5, 0.6) is 0 Å². The molecule has 28 heavy (non-hydrogen) atoms. The van der Waals surface area contributed by atoms with E-state index in [1.807, 2.05) is 4.90 Å². The van der Waals surface area contributed by atoms with Crippen molar-refractivity contribution in [2.24, 2.45) is 11.8 Å². The molecule has 2 saturated heterocycles. The minimum atomic E-state index is 0.130. The Morgan fingerprint density at radius 3 is 2.82 bits per heavy atom. The van der Waals surface area contributed by atoms with Crippen LogP contribution in [-0.2, 0) is 28.9 Å². The van der Waals surface area contributed by atoms with E-state index < -0.39 is 0 Å². The summed E-state index contributed by atoms with van der Waals surface area (Å²) in [5.41, 5.74) is 0.982. The average molecular weight is 390 g/mol. The maximum atomic E-state index is 13.2. The Kier molecular flexibility index (Phi) is 6.36. The summed E-state index contributed by atoms with van der Waals surface area (Å²) in [6.45, 7) is 9.58. The highest BCUT2D eigenvalue weighted by Gasteiger charge is 2.34. The molecule has 4 heterocycles. The summed E-state index contributed by atoms with van der Waals surface area (Å²) in [5.74, 6) is 2.93. The van der Waals surface area contributed by atoms with Crippen LogP contribution in [0.2, 0.25) is 0 Å². The monoisotopic (exact) mass is 389 g/mol. The van der Waals surface area contributed by atoms with Gasteiger partial charge in [-0.05, 0) is 44.6 Å². The molecule has 2 fully saturated rings. The first-order chi connectivity index (χ1) is 13.6. The first kappa shape index (κ1) is 19.9. The summed E-state index contributed by atoms with van der Waals surface area (Å²) in [6, 6.07) is 0.594. The Balaban J connectivity index is 1.35. The van der Waals surface area contributed by atoms with Gasteiger partial charge in [-0.3, -0.25) is 9.69 Å². The molecule has 1 amide bonds. The van der Waals surface area contributed by atoms with Crippen molar-refractivity contribution < 1.29 is 13.9 Å². The van der Waals surface area contributed by atoms with Gasteiger partial charge >= 0.3 is 0 Å². The zero-order chi connectivity index (χ0) is 19.5. The number of aromatic nitrogens is 1. The number of nitrogens with zero attached hydrogens (tertiary/aromatic N) is 3. The first-order valence-electron chi connectivity index (χ1n) is 11.2.